The third-order valence-corrected chi connectivity index (χ3v) is 8.23. The van der Waals surface area contributed by atoms with Crippen LogP contribution < -0.4 is 14.2 Å². The Hall–Kier alpha value is -3.52. The number of esters is 1. The quantitative estimate of drug-likeness (QED) is 0.224. The van der Waals surface area contributed by atoms with Gasteiger partial charge in [-0.2, -0.15) is 13.5 Å². The molecule has 10 nitrogen and oxygen atoms in total. The smallest absolute Gasteiger partial charge is 0.387 e. The summed E-state index contributed by atoms with van der Waals surface area (Å²) in [6, 6.07) is 8.43. The van der Waals surface area contributed by atoms with Crippen LogP contribution in [0.4, 0.5) is 8.78 Å². The summed E-state index contributed by atoms with van der Waals surface area (Å²) < 4.78 is 69.4. The Kier molecular flexibility index (Phi) is 10.2. The van der Waals surface area contributed by atoms with Crippen molar-refractivity contribution in [2.24, 2.45) is 5.92 Å². The Morgan fingerprint density at radius 2 is 1.71 bits per heavy atom. The van der Waals surface area contributed by atoms with E-state index in [2.05, 4.69) is 14.4 Å². The highest BCUT2D eigenvalue weighted by molar-refractivity contribution is 7.89. The van der Waals surface area contributed by atoms with Gasteiger partial charge >= 0.3 is 18.6 Å². The first kappa shape index (κ1) is 31.4. The van der Waals surface area contributed by atoms with Crippen molar-refractivity contribution in [3.63, 3.8) is 0 Å². The number of ether oxygens (including phenoxy) is 3. The molecule has 2 aromatic carbocycles. The number of halogens is 4. The molecular weight excluding hydrogens is 621 g/mol. The van der Waals surface area contributed by atoms with Crippen molar-refractivity contribution < 1.29 is 46.1 Å². The van der Waals surface area contributed by atoms with Gasteiger partial charge in [-0.25, -0.2) is 13.2 Å². The number of sulfonamides is 1. The van der Waals surface area contributed by atoms with Crippen molar-refractivity contribution in [1.29, 1.82) is 0 Å². The minimum Gasteiger partial charge on any atom is -0.489 e. The number of aromatic carboxylic acids is 1. The summed E-state index contributed by atoms with van der Waals surface area (Å²) in [7, 11) is -4.21. The molecule has 42 heavy (non-hydrogen) atoms. The van der Waals surface area contributed by atoms with E-state index in [1.807, 2.05) is 0 Å². The lowest BCUT2D eigenvalue weighted by atomic mass is 10.0. The van der Waals surface area contributed by atoms with Crippen LogP contribution >= 0.6 is 23.2 Å². The second kappa shape index (κ2) is 13.6. The van der Waals surface area contributed by atoms with E-state index in [1.54, 1.807) is 0 Å². The highest BCUT2D eigenvalue weighted by atomic mass is 35.5. The third kappa shape index (κ3) is 8.51. The largest absolute Gasteiger partial charge is 0.489 e. The Balaban J connectivity index is 1.56. The van der Waals surface area contributed by atoms with Crippen LogP contribution in [0.3, 0.4) is 0 Å². The Morgan fingerprint density at radius 3 is 2.31 bits per heavy atom. The minimum absolute atomic E-state index is 0.0122. The van der Waals surface area contributed by atoms with Crippen LogP contribution in [0.25, 0.3) is 0 Å². The topological polar surface area (TPSA) is 141 Å². The zero-order valence-corrected chi connectivity index (χ0v) is 24.0. The molecule has 4 rings (SSSR count). The highest BCUT2D eigenvalue weighted by Gasteiger charge is 2.26. The zero-order valence-electron chi connectivity index (χ0n) is 21.6. The minimum atomic E-state index is -4.21. The van der Waals surface area contributed by atoms with Crippen LogP contribution in [0.5, 0.6) is 11.5 Å². The number of carbonyl (C=O) groups is 2. The van der Waals surface area contributed by atoms with Gasteiger partial charge in [-0.3, -0.25) is 9.78 Å². The Bertz CT molecular complexity index is 1530. The maximum atomic E-state index is 13.0. The molecule has 3 aromatic rings. The Labute approximate surface area is 249 Å². The summed E-state index contributed by atoms with van der Waals surface area (Å²) >= 11 is 12.6. The van der Waals surface area contributed by atoms with Gasteiger partial charge in [0.1, 0.15) is 12.6 Å². The van der Waals surface area contributed by atoms with E-state index in [1.165, 1.54) is 30.6 Å². The molecule has 1 saturated carbocycles. The molecule has 0 spiro atoms. The molecular formula is C27H24Cl2F2N2O8S. The van der Waals surface area contributed by atoms with Crippen molar-refractivity contribution >= 4 is 45.2 Å². The highest BCUT2D eigenvalue weighted by Crippen LogP contribution is 2.37. The van der Waals surface area contributed by atoms with Gasteiger partial charge in [0.05, 0.1) is 27.1 Å². The van der Waals surface area contributed by atoms with E-state index in [9.17, 15) is 26.8 Å². The number of hydrogen-bond acceptors (Lipinski definition) is 8. The average molecular weight is 645 g/mol. The molecule has 0 aliphatic heterocycles. The molecule has 1 fully saturated rings. The van der Waals surface area contributed by atoms with Gasteiger partial charge in [0.2, 0.25) is 10.0 Å². The van der Waals surface area contributed by atoms with Crippen LogP contribution in [0.1, 0.15) is 40.4 Å². The van der Waals surface area contributed by atoms with Crippen molar-refractivity contribution in [1.82, 2.24) is 9.71 Å². The number of carboxylic acids is 1. The third-order valence-electron chi connectivity index (χ3n) is 6.16. The van der Waals surface area contributed by atoms with Gasteiger partial charge in [0, 0.05) is 18.8 Å². The van der Waals surface area contributed by atoms with Gasteiger partial charge in [-0.1, -0.05) is 29.3 Å². The molecule has 1 aliphatic rings. The lowest BCUT2D eigenvalue weighted by Gasteiger charge is -2.21. The maximum absolute atomic E-state index is 13.0. The van der Waals surface area contributed by atoms with Gasteiger partial charge in [-0.05, 0) is 66.3 Å². The first-order valence-corrected chi connectivity index (χ1v) is 14.7. The summed E-state index contributed by atoms with van der Waals surface area (Å²) in [5, 5.41) is 9.36. The monoisotopic (exact) mass is 644 g/mol. The molecule has 0 amide bonds. The fraction of sp³-hybridized carbons (Fsp3) is 0.296. The van der Waals surface area contributed by atoms with Crippen LogP contribution in [0, 0.1) is 5.92 Å². The second-order valence-electron chi connectivity index (χ2n) is 9.26. The van der Waals surface area contributed by atoms with E-state index >= 15 is 0 Å². The van der Waals surface area contributed by atoms with E-state index in [0.29, 0.717) is 17.0 Å². The summed E-state index contributed by atoms with van der Waals surface area (Å²) in [5.74, 6) is -2.12. The van der Waals surface area contributed by atoms with Crippen molar-refractivity contribution in [2.75, 3.05) is 13.2 Å². The predicted molar refractivity (Wildman–Crippen MR) is 147 cm³/mol. The van der Waals surface area contributed by atoms with Gasteiger partial charge < -0.3 is 19.3 Å². The van der Waals surface area contributed by atoms with Crippen LogP contribution in [-0.4, -0.2) is 50.2 Å². The zero-order chi connectivity index (χ0) is 30.4. The number of carbonyl (C=O) groups excluding carboxylic acids is 1. The summed E-state index contributed by atoms with van der Waals surface area (Å²) in [6.45, 7) is -3.60. The van der Waals surface area contributed by atoms with E-state index in [-0.39, 0.29) is 45.0 Å². The molecule has 0 bridgehead atoms. The fourth-order valence-electron chi connectivity index (χ4n) is 3.78. The van der Waals surface area contributed by atoms with E-state index < -0.39 is 41.2 Å². The van der Waals surface area contributed by atoms with E-state index in [4.69, 9.17) is 37.8 Å². The lowest BCUT2D eigenvalue weighted by molar-refractivity contribution is -0.148. The predicted octanol–water partition coefficient (Wildman–Crippen LogP) is 5.28. The second-order valence-corrected chi connectivity index (χ2v) is 11.8. The molecule has 1 aliphatic carbocycles. The van der Waals surface area contributed by atoms with Crippen molar-refractivity contribution in [2.45, 2.75) is 36.9 Å². The number of aromatic nitrogens is 1. The molecule has 0 radical (unpaired) electrons. The normalized spacial score (nSPS) is 13.9. The average Bonchev–Trinajstić information content (AvgIpc) is 3.77. The number of hydrogen-bond donors (Lipinski definition) is 2. The molecule has 2 N–H and O–H groups in total. The van der Waals surface area contributed by atoms with Crippen molar-refractivity contribution in [3.05, 3.63) is 81.6 Å². The van der Waals surface area contributed by atoms with Crippen LogP contribution in [0.15, 0.2) is 59.8 Å². The number of benzene rings is 2. The van der Waals surface area contributed by atoms with Gasteiger partial charge in [-0.15, -0.1) is 0 Å². The first-order valence-electron chi connectivity index (χ1n) is 12.4. The fourth-order valence-corrected chi connectivity index (χ4v) is 5.27. The lowest BCUT2D eigenvalue weighted by Crippen LogP contribution is -2.31. The number of nitrogens with one attached hydrogen (secondary N) is 1. The van der Waals surface area contributed by atoms with Crippen LogP contribution in [0.2, 0.25) is 10.0 Å². The molecule has 1 heterocycles. The maximum Gasteiger partial charge on any atom is 0.387 e. The number of pyridine rings is 1. The number of carboxylic acid groups (broad SMARTS) is 1. The number of nitrogens with zero attached hydrogens (tertiary/aromatic N) is 1. The Morgan fingerprint density at radius 1 is 1.05 bits per heavy atom. The molecule has 0 saturated heterocycles. The van der Waals surface area contributed by atoms with E-state index in [0.717, 1.165) is 37.1 Å². The van der Waals surface area contributed by atoms with Gasteiger partial charge in [0.25, 0.3) is 0 Å². The van der Waals surface area contributed by atoms with Gasteiger partial charge in [0.15, 0.2) is 11.5 Å². The number of rotatable bonds is 14. The molecule has 224 valence electrons. The first-order chi connectivity index (χ1) is 19.9. The standard InChI is InChI=1S/C27H24Cl2F2N2O8S/c28-20-11-32-12-21(29)19(20)10-23(17-5-8-22(41-27(30)31)24(9-17)39-14-15-1-2-15)40-25(34)13-33-42(37,38)18-6-3-16(4-7-18)26(35)36/h3-9,11-12,15,23,27,33H,1-2,10,13-14H2,(H,35,36)/t23-/m0/s1. The molecule has 1 aromatic heterocycles. The SMILES string of the molecule is O=C(CNS(=O)(=O)c1ccc(C(=O)O)cc1)O[C@@H](Cc1c(Cl)cncc1Cl)c1ccc(OC(F)F)c(OCC2CC2)c1. The summed E-state index contributed by atoms with van der Waals surface area (Å²) in [6.07, 6.45) is 3.39. The molecule has 15 heteroatoms. The molecule has 0 unspecified atom stereocenters. The van der Waals surface area contributed by atoms with Crippen LogP contribution in [-0.2, 0) is 26.0 Å². The summed E-state index contributed by atoms with van der Waals surface area (Å²) in [4.78, 5) is 27.5. The van der Waals surface area contributed by atoms with Crippen molar-refractivity contribution in [3.8, 4) is 11.5 Å². The molecule has 1 atom stereocenters. The number of alkyl halides is 2. The summed E-state index contributed by atoms with van der Waals surface area (Å²) in [5.41, 5.74) is 0.570.